The van der Waals surface area contributed by atoms with E-state index in [4.69, 9.17) is 5.73 Å². The lowest BCUT2D eigenvalue weighted by Crippen LogP contribution is -2.46. The van der Waals surface area contributed by atoms with E-state index in [1.807, 2.05) is 44.2 Å². The van der Waals surface area contributed by atoms with Gasteiger partial charge < -0.3 is 5.73 Å². The van der Waals surface area contributed by atoms with E-state index < -0.39 is 5.54 Å². The third-order valence-electron chi connectivity index (χ3n) is 3.60. The van der Waals surface area contributed by atoms with Gasteiger partial charge in [-0.1, -0.05) is 32.0 Å². The van der Waals surface area contributed by atoms with Crippen LogP contribution in [0.25, 0.3) is 10.9 Å². The Hall–Kier alpha value is -1.74. The van der Waals surface area contributed by atoms with Crippen molar-refractivity contribution < 1.29 is 4.79 Å². The molecule has 18 heavy (non-hydrogen) atoms. The number of pyridine rings is 1. The molecule has 0 spiro atoms. The highest BCUT2D eigenvalue weighted by Crippen LogP contribution is 2.24. The van der Waals surface area contributed by atoms with Crippen LogP contribution < -0.4 is 5.73 Å². The number of nitrogens with zero attached hydrogens (tertiary/aromatic N) is 1. The van der Waals surface area contributed by atoms with Gasteiger partial charge in [-0.2, -0.15) is 0 Å². The summed E-state index contributed by atoms with van der Waals surface area (Å²) in [4.78, 5) is 16.9. The second kappa shape index (κ2) is 4.86. The van der Waals surface area contributed by atoms with E-state index in [2.05, 4.69) is 4.98 Å². The second-order valence-electron chi connectivity index (χ2n) is 4.57. The number of Topliss-reactive ketones (excluding diaryl/α,β-unsaturated/α-hetero) is 1. The first-order chi connectivity index (χ1) is 8.62. The number of benzene rings is 1. The van der Waals surface area contributed by atoms with Crippen molar-refractivity contribution in [3.8, 4) is 0 Å². The summed E-state index contributed by atoms with van der Waals surface area (Å²) in [7, 11) is 0. The zero-order chi connectivity index (χ0) is 13.2. The van der Waals surface area contributed by atoms with Gasteiger partial charge in [0.15, 0.2) is 5.78 Å². The Morgan fingerprint density at radius 2 is 1.94 bits per heavy atom. The van der Waals surface area contributed by atoms with Crippen LogP contribution in [0.4, 0.5) is 0 Å². The lowest BCUT2D eigenvalue weighted by molar-refractivity contribution is 0.0881. The van der Waals surface area contributed by atoms with Crippen LogP contribution in [0.1, 0.15) is 37.0 Å². The number of ketones is 1. The van der Waals surface area contributed by atoms with Crippen LogP contribution in [0, 0.1) is 0 Å². The lowest BCUT2D eigenvalue weighted by atomic mass is 9.84. The molecule has 94 valence electrons. The minimum atomic E-state index is -0.774. The largest absolute Gasteiger partial charge is 0.319 e. The summed E-state index contributed by atoms with van der Waals surface area (Å²) in [6, 6.07) is 9.35. The van der Waals surface area contributed by atoms with Gasteiger partial charge in [0.1, 0.15) is 0 Å². The molecule has 0 amide bonds. The fraction of sp³-hybridized carbons (Fsp3) is 0.333. The van der Waals surface area contributed by atoms with Gasteiger partial charge in [0.25, 0.3) is 0 Å². The minimum Gasteiger partial charge on any atom is -0.319 e. The fourth-order valence-corrected chi connectivity index (χ4v) is 2.14. The monoisotopic (exact) mass is 242 g/mol. The smallest absolute Gasteiger partial charge is 0.183 e. The summed E-state index contributed by atoms with van der Waals surface area (Å²) in [5, 5.41) is 0.877. The quantitative estimate of drug-likeness (QED) is 0.839. The number of nitrogens with two attached hydrogens (primary N) is 1. The van der Waals surface area contributed by atoms with Crippen LogP contribution in [0.3, 0.4) is 0 Å². The molecule has 2 N–H and O–H groups in total. The molecule has 0 saturated carbocycles. The number of hydrogen-bond donors (Lipinski definition) is 1. The molecule has 1 heterocycles. The van der Waals surface area contributed by atoms with Crippen molar-refractivity contribution in [1.82, 2.24) is 4.98 Å². The molecule has 0 fully saturated rings. The van der Waals surface area contributed by atoms with Crippen LogP contribution >= 0.6 is 0 Å². The van der Waals surface area contributed by atoms with E-state index in [0.717, 1.165) is 10.9 Å². The number of fused-ring (bicyclic) bond motifs is 1. The van der Waals surface area contributed by atoms with Crippen LogP contribution in [-0.4, -0.2) is 16.3 Å². The van der Waals surface area contributed by atoms with Gasteiger partial charge in [-0.15, -0.1) is 0 Å². The Morgan fingerprint density at radius 3 is 2.61 bits per heavy atom. The van der Waals surface area contributed by atoms with E-state index in [1.165, 1.54) is 0 Å². The topological polar surface area (TPSA) is 56.0 Å². The average Bonchev–Trinajstić information content (AvgIpc) is 2.45. The van der Waals surface area contributed by atoms with Crippen molar-refractivity contribution in [2.45, 2.75) is 32.2 Å². The third kappa shape index (κ3) is 2.02. The standard InChI is InChI=1S/C15H18N2O/c1-3-15(16,4-2)14(18)12-7-5-9-13-11(12)8-6-10-17-13/h5-10H,3-4,16H2,1-2H3. The van der Waals surface area contributed by atoms with Gasteiger partial charge in [-0.05, 0) is 25.0 Å². The maximum Gasteiger partial charge on any atom is 0.183 e. The summed E-state index contributed by atoms with van der Waals surface area (Å²) in [6.45, 7) is 3.90. The summed E-state index contributed by atoms with van der Waals surface area (Å²) in [5.41, 5.74) is 6.92. The van der Waals surface area contributed by atoms with E-state index in [-0.39, 0.29) is 5.78 Å². The number of rotatable bonds is 4. The highest BCUT2D eigenvalue weighted by atomic mass is 16.1. The SMILES string of the molecule is CCC(N)(CC)C(=O)c1cccc2ncccc12. The molecule has 0 unspecified atom stereocenters. The zero-order valence-electron chi connectivity index (χ0n) is 10.8. The molecular weight excluding hydrogens is 224 g/mol. The molecule has 1 aromatic heterocycles. The number of aromatic nitrogens is 1. The lowest BCUT2D eigenvalue weighted by Gasteiger charge is -2.25. The third-order valence-corrected chi connectivity index (χ3v) is 3.60. The predicted molar refractivity (Wildman–Crippen MR) is 73.6 cm³/mol. The first kappa shape index (κ1) is 12.7. The number of carbonyl (C=O) groups excluding carboxylic acids is 1. The Labute approximate surface area is 107 Å². The first-order valence-corrected chi connectivity index (χ1v) is 6.30. The van der Waals surface area contributed by atoms with E-state index in [9.17, 15) is 4.79 Å². The van der Waals surface area contributed by atoms with Crippen LogP contribution in [0.5, 0.6) is 0 Å². The van der Waals surface area contributed by atoms with Gasteiger partial charge >= 0.3 is 0 Å². The first-order valence-electron chi connectivity index (χ1n) is 6.30. The molecule has 0 aliphatic carbocycles. The molecule has 2 rings (SSSR count). The number of hydrogen-bond acceptors (Lipinski definition) is 3. The van der Waals surface area contributed by atoms with Gasteiger partial charge in [0, 0.05) is 17.1 Å². The van der Waals surface area contributed by atoms with Crippen LogP contribution in [0.15, 0.2) is 36.5 Å². The highest BCUT2D eigenvalue weighted by molar-refractivity contribution is 6.11. The van der Waals surface area contributed by atoms with E-state index >= 15 is 0 Å². The normalized spacial score (nSPS) is 11.7. The molecule has 0 atom stereocenters. The average molecular weight is 242 g/mol. The van der Waals surface area contributed by atoms with Gasteiger partial charge in [-0.3, -0.25) is 9.78 Å². The Balaban J connectivity index is 2.58. The van der Waals surface area contributed by atoms with Crippen molar-refractivity contribution in [3.63, 3.8) is 0 Å². The van der Waals surface area contributed by atoms with Crippen LogP contribution in [-0.2, 0) is 0 Å². The van der Waals surface area contributed by atoms with Gasteiger partial charge in [0.2, 0.25) is 0 Å². The van der Waals surface area contributed by atoms with Crippen LogP contribution in [0.2, 0.25) is 0 Å². The predicted octanol–water partition coefficient (Wildman–Crippen LogP) is 2.94. The second-order valence-corrected chi connectivity index (χ2v) is 4.57. The molecule has 0 saturated heterocycles. The summed E-state index contributed by atoms with van der Waals surface area (Å²) >= 11 is 0. The maximum atomic E-state index is 12.6. The van der Waals surface area contributed by atoms with Crippen molar-refractivity contribution in [2.24, 2.45) is 5.73 Å². The summed E-state index contributed by atoms with van der Waals surface area (Å²) < 4.78 is 0. The van der Waals surface area contributed by atoms with E-state index in [0.29, 0.717) is 18.4 Å². The molecule has 2 aromatic rings. The molecular formula is C15H18N2O. The van der Waals surface area contributed by atoms with Crippen molar-refractivity contribution in [2.75, 3.05) is 0 Å². The Morgan fingerprint density at radius 1 is 1.22 bits per heavy atom. The summed E-state index contributed by atoms with van der Waals surface area (Å²) in [5.74, 6) is 0.00565. The van der Waals surface area contributed by atoms with E-state index in [1.54, 1.807) is 6.20 Å². The molecule has 3 nitrogen and oxygen atoms in total. The zero-order valence-corrected chi connectivity index (χ0v) is 10.8. The molecule has 0 aliphatic rings. The van der Waals surface area contributed by atoms with Gasteiger partial charge in [0.05, 0.1) is 11.1 Å². The Bertz CT molecular complexity index is 568. The van der Waals surface area contributed by atoms with Crippen molar-refractivity contribution >= 4 is 16.7 Å². The van der Waals surface area contributed by atoms with Gasteiger partial charge in [-0.25, -0.2) is 0 Å². The molecule has 3 heteroatoms. The minimum absolute atomic E-state index is 0.00565. The number of carbonyl (C=O) groups is 1. The maximum absolute atomic E-state index is 12.6. The molecule has 0 radical (unpaired) electrons. The Kier molecular flexibility index (Phi) is 3.43. The molecule has 0 aliphatic heterocycles. The highest BCUT2D eigenvalue weighted by Gasteiger charge is 2.31. The summed E-state index contributed by atoms with van der Waals surface area (Å²) in [6.07, 6.45) is 3.00. The molecule has 1 aromatic carbocycles. The van der Waals surface area contributed by atoms with Crippen molar-refractivity contribution in [1.29, 1.82) is 0 Å². The van der Waals surface area contributed by atoms with Crippen molar-refractivity contribution in [3.05, 3.63) is 42.1 Å². The molecule has 0 bridgehead atoms. The fourth-order valence-electron chi connectivity index (χ4n) is 2.14.